The molecule has 0 fully saturated rings. The van der Waals surface area contributed by atoms with Crippen LogP contribution in [0, 0.1) is 0 Å². The van der Waals surface area contributed by atoms with Crippen molar-refractivity contribution in [3.63, 3.8) is 0 Å². The monoisotopic (exact) mass is 211 g/mol. The quantitative estimate of drug-likeness (QED) is 0.670. The van der Waals surface area contributed by atoms with Crippen LogP contribution in [-0.4, -0.2) is 19.5 Å². The topological polar surface area (TPSA) is 50.4 Å². The molecule has 16 heavy (non-hydrogen) atoms. The molecule has 0 bridgehead atoms. The maximum Gasteiger partial charge on any atom is 0.155 e. The number of fused-ring (bicyclic) bond motifs is 1. The zero-order valence-electron chi connectivity index (χ0n) is 8.41. The summed E-state index contributed by atoms with van der Waals surface area (Å²) in [6, 6.07) is 6.98. The van der Waals surface area contributed by atoms with E-state index in [0.717, 1.165) is 16.9 Å². The fraction of sp³-hybridized carbons (Fsp3) is 0. The highest BCUT2D eigenvalue weighted by Gasteiger charge is 2.03. The molecule has 78 valence electrons. The van der Waals surface area contributed by atoms with Gasteiger partial charge in [0, 0.05) is 24.2 Å². The third-order valence-electron chi connectivity index (χ3n) is 2.43. The standard InChI is InChI=1S/C12H9N3O/c16-10-3-1-9(2-4-10)11-8-15-6-5-13-7-12(15)14-11/h1-8,16H. The summed E-state index contributed by atoms with van der Waals surface area (Å²) >= 11 is 0. The zero-order valence-corrected chi connectivity index (χ0v) is 8.41. The molecule has 0 aliphatic heterocycles. The maximum absolute atomic E-state index is 9.21. The fourth-order valence-corrected chi connectivity index (χ4v) is 1.61. The van der Waals surface area contributed by atoms with Gasteiger partial charge in [-0.2, -0.15) is 0 Å². The van der Waals surface area contributed by atoms with Crippen molar-refractivity contribution >= 4 is 5.65 Å². The van der Waals surface area contributed by atoms with E-state index in [1.54, 1.807) is 24.5 Å². The van der Waals surface area contributed by atoms with Crippen molar-refractivity contribution in [1.29, 1.82) is 0 Å². The molecule has 4 nitrogen and oxygen atoms in total. The number of hydrogen-bond acceptors (Lipinski definition) is 3. The van der Waals surface area contributed by atoms with Crippen LogP contribution in [0.25, 0.3) is 16.9 Å². The van der Waals surface area contributed by atoms with Gasteiger partial charge in [-0.3, -0.25) is 4.98 Å². The van der Waals surface area contributed by atoms with Gasteiger partial charge in [0.25, 0.3) is 0 Å². The molecule has 2 aromatic heterocycles. The van der Waals surface area contributed by atoms with Crippen molar-refractivity contribution in [3.05, 3.63) is 49.1 Å². The molecular formula is C12H9N3O. The molecule has 0 atom stereocenters. The van der Waals surface area contributed by atoms with Gasteiger partial charge in [0.15, 0.2) is 5.65 Å². The van der Waals surface area contributed by atoms with Crippen LogP contribution in [0.1, 0.15) is 0 Å². The van der Waals surface area contributed by atoms with Crippen LogP contribution in [0.3, 0.4) is 0 Å². The van der Waals surface area contributed by atoms with Gasteiger partial charge >= 0.3 is 0 Å². The molecule has 4 heteroatoms. The molecule has 0 aliphatic carbocycles. The predicted molar refractivity (Wildman–Crippen MR) is 60.1 cm³/mol. The second-order valence-electron chi connectivity index (χ2n) is 3.51. The van der Waals surface area contributed by atoms with E-state index in [1.165, 1.54) is 0 Å². The van der Waals surface area contributed by atoms with Crippen molar-refractivity contribution in [3.8, 4) is 17.0 Å². The first kappa shape index (κ1) is 8.91. The first-order chi connectivity index (χ1) is 7.83. The molecule has 2 heterocycles. The third-order valence-corrected chi connectivity index (χ3v) is 2.43. The van der Waals surface area contributed by atoms with Crippen LogP contribution in [-0.2, 0) is 0 Å². The van der Waals surface area contributed by atoms with Crippen LogP contribution in [0.15, 0.2) is 49.1 Å². The van der Waals surface area contributed by atoms with Gasteiger partial charge in [-0.15, -0.1) is 0 Å². The lowest BCUT2D eigenvalue weighted by atomic mass is 10.2. The molecule has 0 spiro atoms. The van der Waals surface area contributed by atoms with Crippen LogP contribution in [0.5, 0.6) is 5.75 Å². The summed E-state index contributed by atoms with van der Waals surface area (Å²) in [5.74, 6) is 0.259. The van der Waals surface area contributed by atoms with E-state index in [-0.39, 0.29) is 5.75 Å². The number of nitrogens with zero attached hydrogens (tertiary/aromatic N) is 3. The Hall–Kier alpha value is -2.36. The summed E-state index contributed by atoms with van der Waals surface area (Å²) in [5, 5.41) is 9.21. The van der Waals surface area contributed by atoms with Gasteiger partial charge in [0.05, 0.1) is 11.9 Å². The van der Waals surface area contributed by atoms with Gasteiger partial charge in [-0.1, -0.05) is 0 Å². The number of phenolic OH excluding ortho intramolecular Hbond substituents is 1. The highest BCUT2D eigenvalue weighted by atomic mass is 16.3. The van der Waals surface area contributed by atoms with E-state index in [1.807, 2.05) is 28.9 Å². The summed E-state index contributed by atoms with van der Waals surface area (Å²) in [6.45, 7) is 0. The summed E-state index contributed by atoms with van der Waals surface area (Å²) in [7, 11) is 0. The molecule has 0 amide bonds. The number of aromatic nitrogens is 3. The lowest BCUT2D eigenvalue weighted by molar-refractivity contribution is 0.475. The fourth-order valence-electron chi connectivity index (χ4n) is 1.61. The number of rotatable bonds is 1. The van der Waals surface area contributed by atoms with Crippen LogP contribution >= 0.6 is 0 Å². The highest BCUT2D eigenvalue weighted by molar-refractivity contribution is 5.62. The smallest absolute Gasteiger partial charge is 0.155 e. The lowest BCUT2D eigenvalue weighted by Crippen LogP contribution is -1.81. The second-order valence-corrected chi connectivity index (χ2v) is 3.51. The minimum absolute atomic E-state index is 0.259. The Labute approximate surface area is 91.8 Å². The SMILES string of the molecule is Oc1ccc(-c2cn3ccncc3n2)cc1. The van der Waals surface area contributed by atoms with Crippen LogP contribution < -0.4 is 0 Å². The average molecular weight is 211 g/mol. The van der Waals surface area contributed by atoms with Crippen LogP contribution in [0.4, 0.5) is 0 Å². The van der Waals surface area contributed by atoms with Crippen molar-refractivity contribution in [2.75, 3.05) is 0 Å². The van der Waals surface area contributed by atoms with E-state index < -0.39 is 0 Å². The number of hydrogen-bond donors (Lipinski definition) is 1. The second kappa shape index (κ2) is 3.34. The molecule has 3 rings (SSSR count). The summed E-state index contributed by atoms with van der Waals surface area (Å²) in [6.07, 6.45) is 7.22. The van der Waals surface area contributed by atoms with E-state index in [9.17, 15) is 5.11 Å². The molecule has 0 saturated heterocycles. The van der Waals surface area contributed by atoms with Gasteiger partial charge in [-0.25, -0.2) is 4.98 Å². The molecule has 1 aromatic carbocycles. The van der Waals surface area contributed by atoms with Gasteiger partial charge in [0.2, 0.25) is 0 Å². The largest absolute Gasteiger partial charge is 0.508 e. The van der Waals surface area contributed by atoms with Crippen molar-refractivity contribution in [2.45, 2.75) is 0 Å². The minimum atomic E-state index is 0.259. The maximum atomic E-state index is 9.21. The van der Waals surface area contributed by atoms with E-state index in [0.29, 0.717) is 0 Å². The average Bonchev–Trinajstić information content (AvgIpc) is 2.73. The van der Waals surface area contributed by atoms with Crippen LogP contribution in [0.2, 0.25) is 0 Å². The van der Waals surface area contributed by atoms with Gasteiger partial charge in [-0.05, 0) is 24.3 Å². The summed E-state index contributed by atoms with van der Waals surface area (Å²) in [5.41, 5.74) is 2.65. The Bertz CT molecular complexity index is 595. The Morgan fingerprint density at radius 2 is 1.94 bits per heavy atom. The van der Waals surface area contributed by atoms with Crippen molar-refractivity contribution in [1.82, 2.24) is 14.4 Å². The Morgan fingerprint density at radius 3 is 2.69 bits per heavy atom. The molecule has 0 radical (unpaired) electrons. The summed E-state index contributed by atoms with van der Waals surface area (Å²) < 4.78 is 1.91. The Balaban J connectivity index is 2.15. The zero-order chi connectivity index (χ0) is 11.0. The molecule has 0 saturated carbocycles. The minimum Gasteiger partial charge on any atom is -0.508 e. The molecule has 1 N–H and O–H groups in total. The number of aromatic hydroxyl groups is 1. The van der Waals surface area contributed by atoms with E-state index in [2.05, 4.69) is 9.97 Å². The number of imidazole rings is 1. The van der Waals surface area contributed by atoms with Gasteiger partial charge < -0.3 is 9.51 Å². The summed E-state index contributed by atoms with van der Waals surface area (Å²) in [4.78, 5) is 8.44. The Kier molecular flexibility index (Phi) is 1.86. The van der Waals surface area contributed by atoms with E-state index >= 15 is 0 Å². The lowest BCUT2D eigenvalue weighted by Gasteiger charge is -1.95. The first-order valence-corrected chi connectivity index (χ1v) is 4.91. The van der Waals surface area contributed by atoms with Gasteiger partial charge in [0.1, 0.15) is 5.75 Å². The number of phenols is 1. The molecule has 3 aromatic rings. The molecular weight excluding hydrogens is 202 g/mol. The number of benzene rings is 1. The van der Waals surface area contributed by atoms with E-state index in [4.69, 9.17) is 0 Å². The van der Waals surface area contributed by atoms with Crippen molar-refractivity contribution in [2.24, 2.45) is 0 Å². The van der Waals surface area contributed by atoms with Crippen molar-refractivity contribution < 1.29 is 5.11 Å². The highest BCUT2D eigenvalue weighted by Crippen LogP contribution is 2.21. The normalized spacial score (nSPS) is 10.8. The third kappa shape index (κ3) is 1.40. The Morgan fingerprint density at radius 1 is 1.12 bits per heavy atom. The predicted octanol–water partition coefficient (Wildman–Crippen LogP) is 2.10. The molecule has 0 unspecified atom stereocenters. The molecule has 0 aliphatic rings. The first-order valence-electron chi connectivity index (χ1n) is 4.91.